The van der Waals surface area contributed by atoms with Gasteiger partial charge in [-0.3, -0.25) is 4.79 Å². The zero-order valence-corrected chi connectivity index (χ0v) is 12.6. The second-order valence-electron chi connectivity index (χ2n) is 7.01. The summed E-state index contributed by atoms with van der Waals surface area (Å²) in [7, 11) is 1.60. The highest BCUT2D eigenvalue weighted by Gasteiger charge is 2.55. The van der Waals surface area contributed by atoms with E-state index in [1.54, 1.807) is 7.11 Å². The average molecular weight is 282 g/mol. The summed E-state index contributed by atoms with van der Waals surface area (Å²) in [5.74, 6) is 2.36. The molecule has 0 N–H and O–H groups in total. The van der Waals surface area contributed by atoms with Crippen LogP contribution in [0.15, 0.2) is 0 Å². The number of ether oxygens (including phenoxy) is 3. The van der Waals surface area contributed by atoms with Crippen molar-refractivity contribution >= 4 is 5.97 Å². The Morgan fingerprint density at radius 3 is 2.15 bits per heavy atom. The fraction of sp³-hybridized carbons (Fsp3) is 0.938. The minimum absolute atomic E-state index is 0.0327. The molecule has 0 aliphatic heterocycles. The summed E-state index contributed by atoms with van der Waals surface area (Å²) in [4.78, 5) is 12.5. The summed E-state index contributed by atoms with van der Waals surface area (Å²) in [5.41, 5.74) is -0.151. The Kier molecular flexibility index (Phi) is 4.04. The lowest BCUT2D eigenvalue weighted by molar-refractivity contribution is -0.176. The van der Waals surface area contributed by atoms with Crippen LogP contribution in [0.3, 0.4) is 0 Å². The molecule has 4 nitrogen and oxygen atoms in total. The van der Waals surface area contributed by atoms with Gasteiger partial charge in [-0.1, -0.05) is 0 Å². The third kappa shape index (κ3) is 2.73. The Morgan fingerprint density at radius 2 is 1.65 bits per heavy atom. The molecule has 4 heteroatoms. The fourth-order valence-electron chi connectivity index (χ4n) is 4.93. The number of esters is 1. The van der Waals surface area contributed by atoms with Crippen LogP contribution in [-0.4, -0.2) is 32.6 Å². The summed E-state index contributed by atoms with van der Waals surface area (Å²) < 4.78 is 15.9. The molecule has 1 unspecified atom stereocenters. The van der Waals surface area contributed by atoms with E-state index in [1.165, 1.54) is 19.3 Å². The van der Waals surface area contributed by atoms with Gasteiger partial charge in [0.15, 0.2) is 6.29 Å². The summed E-state index contributed by atoms with van der Waals surface area (Å²) in [6.45, 7) is 2.59. The molecule has 0 heterocycles. The first-order valence-electron chi connectivity index (χ1n) is 7.93. The fourth-order valence-corrected chi connectivity index (χ4v) is 4.93. The molecule has 0 aromatic carbocycles. The van der Waals surface area contributed by atoms with Gasteiger partial charge in [0.05, 0.1) is 12.0 Å². The van der Waals surface area contributed by atoms with Crippen molar-refractivity contribution in [3.8, 4) is 0 Å². The zero-order chi connectivity index (χ0) is 14.2. The molecule has 4 rings (SSSR count). The van der Waals surface area contributed by atoms with Gasteiger partial charge in [0.1, 0.15) is 6.61 Å². The van der Waals surface area contributed by atoms with Crippen LogP contribution >= 0.6 is 0 Å². The van der Waals surface area contributed by atoms with E-state index in [9.17, 15) is 4.79 Å². The second kappa shape index (κ2) is 5.64. The monoisotopic (exact) mass is 282 g/mol. The number of methoxy groups -OCH3 is 1. The number of carbonyl (C=O) groups excluding carboxylic acids is 1. The van der Waals surface area contributed by atoms with Crippen molar-refractivity contribution in [3.63, 3.8) is 0 Å². The Labute approximate surface area is 121 Å². The van der Waals surface area contributed by atoms with Gasteiger partial charge < -0.3 is 14.2 Å². The minimum Gasteiger partial charge on any atom is -0.463 e. The molecule has 20 heavy (non-hydrogen) atoms. The van der Waals surface area contributed by atoms with Gasteiger partial charge >= 0.3 is 5.97 Å². The maximum absolute atomic E-state index is 12.5. The Bertz CT molecular complexity index is 330. The van der Waals surface area contributed by atoms with Crippen LogP contribution in [0.2, 0.25) is 0 Å². The van der Waals surface area contributed by atoms with Crippen LogP contribution in [0.5, 0.6) is 0 Å². The number of carbonyl (C=O) groups is 1. The van der Waals surface area contributed by atoms with Crippen LogP contribution in [0, 0.1) is 23.2 Å². The van der Waals surface area contributed by atoms with E-state index in [-0.39, 0.29) is 17.7 Å². The minimum atomic E-state index is -0.242. The Balaban J connectivity index is 1.50. The smallest absolute Gasteiger partial charge is 0.312 e. The number of rotatable bonds is 6. The average Bonchev–Trinajstić information content (AvgIpc) is 2.41. The van der Waals surface area contributed by atoms with Gasteiger partial charge in [0.2, 0.25) is 0 Å². The molecule has 0 saturated heterocycles. The van der Waals surface area contributed by atoms with Gasteiger partial charge in [-0.25, -0.2) is 0 Å². The molecular weight excluding hydrogens is 256 g/mol. The largest absolute Gasteiger partial charge is 0.463 e. The molecule has 0 aromatic heterocycles. The molecular formula is C16H26O4. The number of hydrogen-bond acceptors (Lipinski definition) is 4. The quantitative estimate of drug-likeness (QED) is 0.427. The molecule has 4 saturated carbocycles. The van der Waals surface area contributed by atoms with Gasteiger partial charge in [-0.2, -0.15) is 0 Å². The molecule has 4 fully saturated rings. The highest BCUT2D eigenvalue weighted by Crippen LogP contribution is 2.60. The van der Waals surface area contributed by atoms with Crippen molar-refractivity contribution in [3.05, 3.63) is 0 Å². The van der Waals surface area contributed by atoms with Crippen molar-refractivity contribution in [2.24, 2.45) is 23.2 Å². The molecule has 0 spiro atoms. The molecule has 0 aromatic rings. The van der Waals surface area contributed by atoms with Crippen molar-refractivity contribution in [2.45, 2.75) is 51.7 Å². The first-order chi connectivity index (χ1) is 9.61. The van der Waals surface area contributed by atoms with E-state index in [4.69, 9.17) is 14.2 Å². The van der Waals surface area contributed by atoms with Crippen molar-refractivity contribution < 1.29 is 19.0 Å². The topological polar surface area (TPSA) is 44.8 Å². The van der Waals surface area contributed by atoms with Crippen LogP contribution in [0.1, 0.15) is 45.4 Å². The third-order valence-electron chi connectivity index (χ3n) is 5.47. The molecule has 4 aliphatic rings. The van der Waals surface area contributed by atoms with Crippen molar-refractivity contribution in [1.29, 1.82) is 0 Å². The van der Waals surface area contributed by atoms with Crippen molar-refractivity contribution in [1.82, 2.24) is 0 Å². The van der Waals surface area contributed by atoms with Crippen LogP contribution in [-0.2, 0) is 19.0 Å². The zero-order valence-electron chi connectivity index (χ0n) is 12.6. The Morgan fingerprint density at radius 1 is 1.10 bits per heavy atom. The Hall–Kier alpha value is -0.610. The van der Waals surface area contributed by atoms with Gasteiger partial charge in [0.25, 0.3) is 0 Å². The highest BCUT2D eigenvalue weighted by atomic mass is 16.7. The summed E-state index contributed by atoms with van der Waals surface area (Å²) in [6, 6.07) is 0. The molecule has 1 atom stereocenters. The first-order valence-corrected chi connectivity index (χ1v) is 7.93. The third-order valence-corrected chi connectivity index (χ3v) is 5.47. The lowest BCUT2D eigenvalue weighted by Crippen LogP contribution is -2.50. The predicted octanol–water partition coefficient (Wildman–Crippen LogP) is 2.76. The molecule has 0 amide bonds. The van der Waals surface area contributed by atoms with E-state index >= 15 is 0 Å². The maximum atomic E-state index is 12.5. The lowest BCUT2D eigenvalue weighted by atomic mass is 9.49. The van der Waals surface area contributed by atoms with Crippen LogP contribution < -0.4 is 0 Å². The van der Waals surface area contributed by atoms with Crippen LogP contribution in [0.4, 0.5) is 0 Å². The van der Waals surface area contributed by atoms with E-state index in [2.05, 4.69) is 0 Å². The SMILES string of the molecule is COC(C)OCCOC(=O)C12CC3CC(CC(C3)C1)C2. The first kappa shape index (κ1) is 14.3. The molecule has 114 valence electrons. The summed E-state index contributed by atoms with van der Waals surface area (Å²) >= 11 is 0. The molecule has 4 aliphatic carbocycles. The summed E-state index contributed by atoms with van der Waals surface area (Å²) in [6.07, 6.45) is 6.99. The van der Waals surface area contributed by atoms with E-state index in [0.717, 1.165) is 37.0 Å². The molecule has 0 radical (unpaired) electrons. The van der Waals surface area contributed by atoms with E-state index in [1.807, 2.05) is 6.92 Å². The number of hydrogen-bond donors (Lipinski definition) is 0. The standard InChI is InChI=1S/C16H26O4/c1-11(18-2)19-3-4-20-15(17)16-8-12-5-13(9-16)7-14(6-12)10-16/h11-14H,3-10H2,1-2H3. The van der Waals surface area contributed by atoms with E-state index < -0.39 is 0 Å². The normalized spacial score (nSPS) is 39.8. The van der Waals surface area contributed by atoms with Crippen molar-refractivity contribution in [2.75, 3.05) is 20.3 Å². The van der Waals surface area contributed by atoms with Gasteiger partial charge in [-0.15, -0.1) is 0 Å². The van der Waals surface area contributed by atoms with Crippen LogP contribution in [0.25, 0.3) is 0 Å². The highest BCUT2D eigenvalue weighted by molar-refractivity contribution is 5.77. The predicted molar refractivity (Wildman–Crippen MR) is 74.0 cm³/mol. The van der Waals surface area contributed by atoms with E-state index in [0.29, 0.717) is 13.2 Å². The van der Waals surface area contributed by atoms with Gasteiger partial charge in [-0.05, 0) is 63.2 Å². The second-order valence-corrected chi connectivity index (χ2v) is 7.01. The maximum Gasteiger partial charge on any atom is 0.312 e. The summed E-state index contributed by atoms with van der Waals surface area (Å²) in [5, 5.41) is 0. The van der Waals surface area contributed by atoms with Gasteiger partial charge in [0, 0.05) is 7.11 Å². The lowest BCUT2D eigenvalue weighted by Gasteiger charge is -2.55. The molecule has 4 bridgehead atoms.